The van der Waals surface area contributed by atoms with Crippen molar-refractivity contribution in [3.05, 3.63) is 30.1 Å². The first kappa shape index (κ1) is 19.6. The van der Waals surface area contributed by atoms with E-state index in [2.05, 4.69) is 0 Å². The fourth-order valence-electron chi connectivity index (χ4n) is 2.78. The number of benzene rings is 1. The van der Waals surface area contributed by atoms with E-state index in [4.69, 9.17) is 9.47 Å². The largest absolute Gasteiger partial charge is 0.492 e. The first-order chi connectivity index (χ1) is 12.5. The Labute approximate surface area is 154 Å². The standard InChI is InChI=1S/C19H27N3O4/c1-6-21(7-2)13-14-18(23)22(19(24)20(14)5)17-15(25-8-3)11-10-12-16(17)26-9-4/h10-13H,6-9H2,1-5H3. The van der Waals surface area contributed by atoms with E-state index in [1.165, 1.54) is 4.90 Å². The number of hydrogen-bond acceptors (Lipinski definition) is 5. The van der Waals surface area contributed by atoms with Gasteiger partial charge in [-0.15, -0.1) is 0 Å². The Kier molecular flexibility index (Phi) is 6.49. The van der Waals surface area contributed by atoms with Gasteiger partial charge in [0.2, 0.25) is 0 Å². The van der Waals surface area contributed by atoms with Crippen molar-refractivity contribution in [3.63, 3.8) is 0 Å². The normalized spacial score (nSPS) is 15.8. The molecule has 0 N–H and O–H groups in total. The summed E-state index contributed by atoms with van der Waals surface area (Å²) in [4.78, 5) is 30.4. The molecule has 26 heavy (non-hydrogen) atoms. The number of urea groups is 1. The van der Waals surface area contributed by atoms with Crippen molar-refractivity contribution in [1.82, 2.24) is 9.80 Å². The number of rotatable bonds is 8. The molecule has 1 saturated heterocycles. The van der Waals surface area contributed by atoms with Gasteiger partial charge in [-0.05, 0) is 39.8 Å². The molecular weight excluding hydrogens is 334 g/mol. The highest BCUT2D eigenvalue weighted by atomic mass is 16.5. The summed E-state index contributed by atoms with van der Waals surface area (Å²) in [5.74, 6) is 0.493. The number of ether oxygens (including phenoxy) is 2. The highest BCUT2D eigenvalue weighted by Gasteiger charge is 2.43. The number of carbonyl (C=O) groups excluding carboxylic acids is 2. The van der Waals surface area contributed by atoms with E-state index in [0.29, 0.717) is 36.1 Å². The van der Waals surface area contributed by atoms with Gasteiger partial charge in [0.25, 0.3) is 5.91 Å². The molecule has 0 unspecified atom stereocenters. The number of nitrogens with zero attached hydrogens (tertiary/aromatic N) is 3. The molecule has 7 nitrogen and oxygen atoms in total. The lowest BCUT2D eigenvalue weighted by Crippen LogP contribution is -2.32. The van der Waals surface area contributed by atoms with Crippen LogP contribution >= 0.6 is 0 Å². The van der Waals surface area contributed by atoms with Crippen LogP contribution in [0.1, 0.15) is 27.7 Å². The molecule has 1 fully saturated rings. The summed E-state index contributed by atoms with van der Waals surface area (Å²) < 4.78 is 11.3. The molecule has 0 spiro atoms. The second kappa shape index (κ2) is 8.60. The Morgan fingerprint density at radius 3 is 2.00 bits per heavy atom. The lowest BCUT2D eigenvalue weighted by atomic mass is 10.2. The smallest absolute Gasteiger partial charge is 0.336 e. The van der Waals surface area contributed by atoms with Crippen molar-refractivity contribution in [2.24, 2.45) is 0 Å². The predicted octanol–water partition coefficient (Wildman–Crippen LogP) is 3.07. The van der Waals surface area contributed by atoms with Crippen LogP contribution in [0.15, 0.2) is 30.1 Å². The second-order valence-electron chi connectivity index (χ2n) is 5.69. The minimum atomic E-state index is -0.429. The monoisotopic (exact) mass is 361 g/mol. The van der Waals surface area contributed by atoms with E-state index < -0.39 is 11.9 Å². The van der Waals surface area contributed by atoms with Crippen LogP contribution in [-0.2, 0) is 4.79 Å². The number of imide groups is 1. The average molecular weight is 361 g/mol. The van der Waals surface area contributed by atoms with Crippen LogP contribution in [0, 0.1) is 0 Å². The van der Waals surface area contributed by atoms with Gasteiger partial charge in [-0.3, -0.25) is 9.69 Å². The number of carbonyl (C=O) groups is 2. The lowest BCUT2D eigenvalue weighted by Gasteiger charge is -2.20. The minimum Gasteiger partial charge on any atom is -0.492 e. The maximum absolute atomic E-state index is 13.1. The van der Waals surface area contributed by atoms with E-state index in [-0.39, 0.29) is 0 Å². The summed E-state index contributed by atoms with van der Waals surface area (Å²) >= 11 is 0. The fraction of sp³-hybridized carbons (Fsp3) is 0.474. The number of anilines is 1. The van der Waals surface area contributed by atoms with Crippen LogP contribution in [-0.4, -0.2) is 55.1 Å². The van der Waals surface area contributed by atoms with E-state index in [1.807, 2.05) is 32.6 Å². The summed E-state index contributed by atoms with van der Waals surface area (Å²) in [6, 6.07) is 4.81. The van der Waals surface area contributed by atoms with Gasteiger partial charge < -0.3 is 14.4 Å². The van der Waals surface area contributed by atoms with Crippen LogP contribution in [0.5, 0.6) is 11.5 Å². The third-order valence-corrected chi connectivity index (χ3v) is 4.16. The van der Waals surface area contributed by atoms with E-state index in [9.17, 15) is 9.59 Å². The highest BCUT2D eigenvalue weighted by molar-refractivity contribution is 6.27. The maximum Gasteiger partial charge on any atom is 0.336 e. The molecule has 1 aromatic rings. The third-order valence-electron chi connectivity index (χ3n) is 4.16. The van der Waals surface area contributed by atoms with Crippen molar-refractivity contribution in [1.29, 1.82) is 0 Å². The molecule has 1 aliphatic rings. The third kappa shape index (κ3) is 3.61. The van der Waals surface area contributed by atoms with Crippen LogP contribution in [0.4, 0.5) is 10.5 Å². The van der Waals surface area contributed by atoms with Gasteiger partial charge in [-0.2, -0.15) is 0 Å². The molecular formula is C19H27N3O4. The molecule has 0 saturated carbocycles. The summed E-state index contributed by atoms with van der Waals surface area (Å²) in [6.07, 6.45) is 1.73. The molecule has 0 aliphatic carbocycles. The molecule has 142 valence electrons. The minimum absolute atomic E-state index is 0.326. The highest BCUT2D eigenvalue weighted by Crippen LogP contribution is 2.41. The molecule has 0 bridgehead atoms. The molecule has 0 atom stereocenters. The summed E-state index contributed by atoms with van der Waals surface area (Å²) in [5, 5.41) is 0. The van der Waals surface area contributed by atoms with Gasteiger partial charge in [0.05, 0.1) is 13.2 Å². The van der Waals surface area contributed by atoms with Crippen LogP contribution in [0.2, 0.25) is 0 Å². The number of para-hydroxylation sites is 1. The molecule has 3 amide bonds. The fourth-order valence-corrected chi connectivity index (χ4v) is 2.78. The van der Waals surface area contributed by atoms with Gasteiger partial charge in [0, 0.05) is 26.3 Å². The Balaban J connectivity index is 2.55. The molecule has 1 aliphatic heterocycles. The summed E-state index contributed by atoms with van der Waals surface area (Å²) in [5.41, 5.74) is 0.674. The quantitative estimate of drug-likeness (QED) is 0.526. The van der Waals surface area contributed by atoms with Gasteiger partial charge >= 0.3 is 6.03 Å². The van der Waals surface area contributed by atoms with E-state index in [0.717, 1.165) is 18.0 Å². The topological polar surface area (TPSA) is 62.3 Å². The molecule has 2 rings (SSSR count). The van der Waals surface area contributed by atoms with Crippen molar-refractivity contribution >= 4 is 17.6 Å². The number of likely N-dealkylation sites (N-methyl/N-ethyl adjacent to an activating group) is 1. The van der Waals surface area contributed by atoms with Crippen molar-refractivity contribution in [2.75, 3.05) is 38.3 Å². The SMILES string of the molecule is CCOc1cccc(OCC)c1N1C(=O)C(=CN(CC)CC)N(C)C1=O. The summed E-state index contributed by atoms with van der Waals surface area (Å²) in [7, 11) is 1.60. The molecule has 0 aromatic heterocycles. The first-order valence-electron chi connectivity index (χ1n) is 8.96. The Morgan fingerprint density at radius 2 is 1.54 bits per heavy atom. The zero-order valence-corrected chi connectivity index (χ0v) is 16.1. The van der Waals surface area contributed by atoms with Crippen molar-refractivity contribution < 1.29 is 19.1 Å². The maximum atomic E-state index is 13.1. The zero-order chi connectivity index (χ0) is 19.3. The molecule has 1 aromatic carbocycles. The molecule has 1 heterocycles. The predicted molar refractivity (Wildman–Crippen MR) is 100 cm³/mol. The van der Waals surface area contributed by atoms with Gasteiger partial charge in [0.15, 0.2) is 0 Å². The van der Waals surface area contributed by atoms with Crippen LogP contribution in [0.3, 0.4) is 0 Å². The number of hydrogen-bond donors (Lipinski definition) is 0. The van der Waals surface area contributed by atoms with Gasteiger partial charge in [-0.25, -0.2) is 9.69 Å². The van der Waals surface area contributed by atoms with Crippen LogP contribution in [0.25, 0.3) is 0 Å². The Morgan fingerprint density at radius 1 is 1.00 bits per heavy atom. The van der Waals surface area contributed by atoms with Crippen molar-refractivity contribution in [2.45, 2.75) is 27.7 Å². The average Bonchev–Trinajstić information content (AvgIpc) is 2.84. The van der Waals surface area contributed by atoms with Gasteiger partial charge in [-0.1, -0.05) is 6.07 Å². The first-order valence-corrected chi connectivity index (χ1v) is 8.96. The van der Waals surface area contributed by atoms with E-state index >= 15 is 0 Å². The summed E-state index contributed by atoms with van der Waals surface area (Å²) in [6.45, 7) is 10.0. The number of amides is 3. The second-order valence-corrected chi connectivity index (χ2v) is 5.69. The Bertz CT molecular complexity index is 674. The zero-order valence-electron chi connectivity index (χ0n) is 16.1. The molecule has 7 heteroatoms. The van der Waals surface area contributed by atoms with Crippen molar-refractivity contribution in [3.8, 4) is 11.5 Å². The Hall–Kier alpha value is -2.70. The van der Waals surface area contributed by atoms with Crippen LogP contribution < -0.4 is 14.4 Å². The molecule has 0 radical (unpaired) electrons. The van der Waals surface area contributed by atoms with E-state index in [1.54, 1.807) is 31.4 Å². The van der Waals surface area contributed by atoms with Gasteiger partial charge in [0.1, 0.15) is 22.9 Å². The lowest BCUT2D eigenvalue weighted by molar-refractivity contribution is -0.114.